The molecule has 1 amide bonds. The second-order valence-electron chi connectivity index (χ2n) is 5.15. The van der Waals surface area contributed by atoms with E-state index in [0.717, 1.165) is 11.3 Å². The molecule has 112 valence electrons. The smallest absolute Gasteiger partial charge is 0.228 e. The minimum absolute atomic E-state index is 0.157. The fourth-order valence-corrected chi connectivity index (χ4v) is 1.93. The van der Waals surface area contributed by atoms with Crippen molar-refractivity contribution < 1.29 is 4.79 Å². The zero-order valence-electron chi connectivity index (χ0n) is 11.7. The van der Waals surface area contributed by atoms with Crippen LogP contribution in [0.25, 0.3) is 0 Å². The predicted octanol–water partition coefficient (Wildman–Crippen LogP) is 4.27. The fourth-order valence-electron chi connectivity index (χ4n) is 1.61. The Morgan fingerprint density at radius 3 is 2.20 bits per heavy atom. The number of hydrogen-bond donors (Lipinski definition) is 2. The first-order valence-electron chi connectivity index (χ1n) is 6.37. The third-order valence-electron chi connectivity index (χ3n) is 2.59. The van der Waals surface area contributed by atoms with Crippen LogP contribution in [0.4, 0.5) is 5.69 Å². The summed E-state index contributed by atoms with van der Waals surface area (Å²) in [7, 11) is 0. The zero-order valence-corrected chi connectivity index (χ0v) is 14.0. The first-order chi connectivity index (χ1) is 9.18. The molecule has 0 bridgehead atoms. The molecule has 3 nitrogen and oxygen atoms in total. The summed E-state index contributed by atoms with van der Waals surface area (Å²) in [6, 6.07) is 7.61. The first kappa shape index (κ1) is 17.4. The monoisotopic (exact) mass is 336 g/mol. The van der Waals surface area contributed by atoms with Crippen LogP contribution >= 0.6 is 34.8 Å². The third-order valence-corrected chi connectivity index (χ3v) is 3.24. The lowest BCUT2D eigenvalue weighted by Crippen LogP contribution is -2.49. The van der Waals surface area contributed by atoms with Crippen LogP contribution in [0.15, 0.2) is 24.3 Å². The summed E-state index contributed by atoms with van der Waals surface area (Å²) in [5.41, 5.74) is 1.90. The van der Waals surface area contributed by atoms with Crippen LogP contribution in [0.3, 0.4) is 0 Å². The molecule has 1 rings (SSSR count). The Morgan fingerprint density at radius 2 is 1.75 bits per heavy atom. The molecule has 0 radical (unpaired) electrons. The van der Waals surface area contributed by atoms with Crippen molar-refractivity contribution in [2.45, 2.75) is 37.2 Å². The van der Waals surface area contributed by atoms with Crippen molar-refractivity contribution in [3.8, 4) is 0 Å². The van der Waals surface area contributed by atoms with Crippen LogP contribution in [0, 0.1) is 12.8 Å². The highest BCUT2D eigenvalue weighted by Crippen LogP contribution is 2.31. The maximum Gasteiger partial charge on any atom is 0.228 e. The summed E-state index contributed by atoms with van der Waals surface area (Å²) < 4.78 is -1.64. The number of benzene rings is 1. The summed E-state index contributed by atoms with van der Waals surface area (Å²) in [5.74, 6) is 0.0846. The lowest BCUT2D eigenvalue weighted by Gasteiger charge is -2.27. The molecule has 6 heteroatoms. The van der Waals surface area contributed by atoms with Crippen LogP contribution in [-0.4, -0.2) is 15.9 Å². The Kier molecular flexibility index (Phi) is 6.44. The van der Waals surface area contributed by atoms with E-state index in [1.54, 1.807) is 0 Å². The van der Waals surface area contributed by atoms with Crippen molar-refractivity contribution in [2.75, 3.05) is 5.32 Å². The molecule has 0 spiro atoms. The number of alkyl halides is 3. The molecular weight excluding hydrogens is 319 g/mol. The molecule has 0 unspecified atom stereocenters. The van der Waals surface area contributed by atoms with Crippen molar-refractivity contribution in [2.24, 2.45) is 5.92 Å². The zero-order chi connectivity index (χ0) is 15.3. The van der Waals surface area contributed by atoms with E-state index in [0.29, 0.717) is 6.42 Å². The number of hydrogen-bond acceptors (Lipinski definition) is 2. The summed E-state index contributed by atoms with van der Waals surface area (Å²) in [4.78, 5) is 11.8. The van der Waals surface area contributed by atoms with E-state index >= 15 is 0 Å². The van der Waals surface area contributed by atoms with Gasteiger partial charge < -0.3 is 10.6 Å². The standard InChI is InChI=1S/C14H19Cl3N2O/c1-9(2)8-12(20)19-13(14(15,16)17)18-11-6-4-10(3)5-7-11/h4-7,9,13,18H,8H2,1-3H3,(H,19,20)/t13-/m0/s1. The highest BCUT2D eigenvalue weighted by molar-refractivity contribution is 6.68. The van der Waals surface area contributed by atoms with Gasteiger partial charge >= 0.3 is 0 Å². The van der Waals surface area contributed by atoms with Crippen molar-refractivity contribution in [1.82, 2.24) is 5.32 Å². The molecule has 20 heavy (non-hydrogen) atoms. The van der Waals surface area contributed by atoms with Gasteiger partial charge in [-0.15, -0.1) is 0 Å². The average Bonchev–Trinajstić information content (AvgIpc) is 2.28. The summed E-state index contributed by atoms with van der Waals surface area (Å²) >= 11 is 17.7. The molecule has 0 saturated heterocycles. The van der Waals surface area contributed by atoms with E-state index in [-0.39, 0.29) is 11.8 Å². The van der Waals surface area contributed by atoms with Gasteiger partial charge in [-0.3, -0.25) is 4.79 Å². The van der Waals surface area contributed by atoms with Crippen LogP contribution < -0.4 is 10.6 Å². The van der Waals surface area contributed by atoms with Crippen molar-refractivity contribution in [3.05, 3.63) is 29.8 Å². The molecule has 0 aliphatic carbocycles. The van der Waals surface area contributed by atoms with Gasteiger partial charge in [-0.1, -0.05) is 66.3 Å². The minimum atomic E-state index is -1.64. The topological polar surface area (TPSA) is 41.1 Å². The number of halogens is 3. The van der Waals surface area contributed by atoms with Crippen LogP contribution in [-0.2, 0) is 4.79 Å². The third kappa shape index (κ3) is 6.21. The Bertz CT molecular complexity index is 441. The molecule has 0 aliphatic heterocycles. The maximum absolute atomic E-state index is 11.8. The van der Waals surface area contributed by atoms with Gasteiger partial charge in [-0.05, 0) is 25.0 Å². The number of nitrogens with one attached hydrogen (secondary N) is 2. The highest BCUT2D eigenvalue weighted by Gasteiger charge is 2.34. The van der Waals surface area contributed by atoms with Crippen LogP contribution in [0.5, 0.6) is 0 Å². The summed E-state index contributed by atoms with van der Waals surface area (Å²) in [6.07, 6.45) is -0.409. The second kappa shape index (κ2) is 7.39. The van der Waals surface area contributed by atoms with E-state index in [1.807, 2.05) is 45.0 Å². The lowest BCUT2D eigenvalue weighted by atomic mass is 10.1. The van der Waals surface area contributed by atoms with Crippen molar-refractivity contribution in [1.29, 1.82) is 0 Å². The Balaban J connectivity index is 2.75. The quantitative estimate of drug-likeness (QED) is 0.622. The molecule has 0 aromatic heterocycles. The van der Waals surface area contributed by atoms with Gasteiger partial charge in [0.2, 0.25) is 9.70 Å². The molecule has 0 fully saturated rings. The fraction of sp³-hybridized carbons (Fsp3) is 0.500. The summed E-state index contributed by atoms with van der Waals surface area (Å²) in [6.45, 7) is 5.90. The largest absolute Gasteiger partial charge is 0.362 e. The molecule has 0 heterocycles. The SMILES string of the molecule is Cc1ccc(N[C@@H](NC(=O)CC(C)C)C(Cl)(Cl)Cl)cc1. The van der Waals surface area contributed by atoms with Gasteiger partial charge in [0.1, 0.15) is 6.17 Å². The van der Waals surface area contributed by atoms with Gasteiger partial charge in [0.15, 0.2) is 0 Å². The van der Waals surface area contributed by atoms with Crippen LogP contribution in [0.2, 0.25) is 0 Å². The molecule has 1 atom stereocenters. The van der Waals surface area contributed by atoms with Crippen LogP contribution in [0.1, 0.15) is 25.8 Å². The van der Waals surface area contributed by atoms with Gasteiger partial charge in [-0.25, -0.2) is 0 Å². The van der Waals surface area contributed by atoms with E-state index in [1.165, 1.54) is 0 Å². The molecule has 0 aliphatic rings. The average molecular weight is 338 g/mol. The van der Waals surface area contributed by atoms with E-state index < -0.39 is 9.96 Å². The van der Waals surface area contributed by atoms with Gasteiger partial charge in [-0.2, -0.15) is 0 Å². The Morgan fingerprint density at radius 1 is 1.20 bits per heavy atom. The van der Waals surface area contributed by atoms with E-state index in [9.17, 15) is 4.79 Å². The number of carbonyl (C=O) groups is 1. The van der Waals surface area contributed by atoms with E-state index in [4.69, 9.17) is 34.8 Å². The maximum atomic E-state index is 11.8. The van der Waals surface area contributed by atoms with Gasteiger partial charge in [0.05, 0.1) is 0 Å². The molecular formula is C14H19Cl3N2O. The van der Waals surface area contributed by atoms with Gasteiger partial charge in [0.25, 0.3) is 0 Å². The number of aryl methyl sites for hydroxylation is 1. The lowest BCUT2D eigenvalue weighted by molar-refractivity contribution is -0.122. The summed E-state index contributed by atoms with van der Waals surface area (Å²) in [5, 5.41) is 5.73. The number of amides is 1. The number of anilines is 1. The molecule has 1 aromatic carbocycles. The minimum Gasteiger partial charge on any atom is -0.362 e. The Labute approximate surface area is 135 Å². The van der Waals surface area contributed by atoms with E-state index in [2.05, 4.69) is 10.6 Å². The molecule has 2 N–H and O–H groups in total. The normalized spacial score (nSPS) is 13.2. The second-order valence-corrected chi connectivity index (χ2v) is 7.52. The number of carbonyl (C=O) groups excluding carboxylic acids is 1. The predicted molar refractivity (Wildman–Crippen MR) is 86.5 cm³/mol. The van der Waals surface area contributed by atoms with Crippen molar-refractivity contribution in [3.63, 3.8) is 0 Å². The Hall–Kier alpha value is -0.640. The van der Waals surface area contributed by atoms with Crippen molar-refractivity contribution >= 4 is 46.4 Å². The first-order valence-corrected chi connectivity index (χ1v) is 7.51. The molecule has 0 saturated carbocycles. The molecule has 1 aromatic rings. The number of rotatable bonds is 5. The van der Waals surface area contributed by atoms with Gasteiger partial charge in [0, 0.05) is 12.1 Å². The highest BCUT2D eigenvalue weighted by atomic mass is 35.6.